The number of hydrogen-bond donors (Lipinski definition) is 2. The predicted octanol–water partition coefficient (Wildman–Crippen LogP) is 3.58. The van der Waals surface area contributed by atoms with Gasteiger partial charge < -0.3 is 19.6 Å². The van der Waals surface area contributed by atoms with Gasteiger partial charge in [0.2, 0.25) is 5.13 Å². The largest absolute Gasteiger partial charge is 0.491 e. The number of aryl methyl sites for hydroxylation is 1. The zero-order valence-electron chi connectivity index (χ0n) is 13.7. The van der Waals surface area contributed by atoms with Crippen LogP contribution in [0.3, 0.4) is 0 Å². The molecule has 6 nitrogen and oxygen atoms in total. The van der Waals surface area contributed by atoms with Gasteiger partial charge in [0.05, 0.1) is 18.9 Å². The summed E-state index contributed by atoms with van der Waals surface area (Å²) in [5, 5.41) is 22.1. The van der Waals surface area contributed by atoms with Gasteiger partial charge in [-0.3, -0.25) is 0 Å². The van der Waals surface area contributed by atoms with Crippen LogP contribution in [-0.2, 0) is 6.54 Å². The van der Waals surface area contributed by atoms with Gasteiger partial charge in [-0.1, -0.05) is 35.2 Å². The Balaban J connectivity index is 1.39. The summed E-state index contributed by atoms with van der Waals surface area (Å²) in [6.45, 7) is 2.82. The number of nitrogens with zero attached hydrogens (tertiary/aromatic N) is 2. The molecule has 3 aromatic rings. The van der Waals surface area contributed by atoms with Crippen molar-refractivity contribution in [1.29, 1.82) is 0 Å². The van der Waals surface area contributed by atoms with Crippen molar-refractivity contribution in [2.24, 2.45) is 0 Å². The third kappa shape index (κ3) is 5.77. The normalized spacial score (nSPS) is 12.1. The lowest BCUT2D eigenvalue weighted by Crippen LogP contribution is -2.20. The van der Waals surface area contributed by atoms with E-state index in [1.807, 2.05) is 43.3 Å². The molecule has 1 aromatic carbocycles. The zero-order chi connectivity index (χ0) is 17.5. The molecular weight excluding hydrogens is 358 g/mol. The lowest BCUT2D eigenvalue weighted by atomic mass is 10.2. The molecule has 3 rings (SSSR count). The molecule has 2 heterocycles. The van der Waals surface area contributed by atoms with Gasteiger partial charge in [-0.25, -0.2) is 0 Å². The average Bonchev–Trinajstić information content (AvgIpc) is 3.28. The van der Waals surface area contributed by atoms with Crippen LogP contribution in [0.15, 0.2) is 51.4 Å². The Kier molecular flexibility index (Phi) is 6.32. The fourth-order valence-electron chi connectivity index (χ4n) is 2.03. The third-order valence-corrected chi connectivity index (χ3v) is 5.39. The van der Waals surface area contributed by atoms with Gasteiger partial charge >= 0.3 is 0 Å². The first-order valence-corrected chi connectivity index (χ1v) is 9.59. The van der Waals surface area contributed by atoms with Crippen molar-refractivity contribution in [3.8, 4) is 5.75 Å². The van der Waals surface area contributed by atoms with Crippen LogP contribution in [0, 0.1) is 6.92 Å². The number of anilines is 1. The van der Waals surface area contributed by atoms with Crippen LogP contribution < -0.4 is 10.1 Å². The minimum atomic E-state index is -0.575. The van der Waals surface area contributed by atoms with E-state index in [1.54, 1.807) is 6.26 Å². The summed E-state index contributed by atoms with van der Waals surface area (Å²) in [5.74, 6) is 2.11. The lowest BCUT2D eigenvalue weighted by molar-refractivity contribution is 0.126. The molecule has 0 saturated heterocycles. The van der Waals surface area contributed by atoms with Crippen molar-refractivity contribution in [3.63, 3.8) is 0 Å². The van der Waals surface area contributed by atoms with E-state index >= 15 is 0 Å². The van der Waals surface area contributed by atoms with E-state index in [0.717, 1.165) is 26.5 Å². The van der Waals surface area contributed by atoms with E-state index in [1.165, 1.54) is 23.1 Å². The standard InChI is InChI=1S/C17H19N3O3S2/c1-12-4-2-5-14(8-12)23-10-13(21)11-24-17-20-19-16(25-17)18-9-15-6-3-7-22-15/h2-8,13,21H,9-11H2,1H3,(H,18,19)/t13-/m1/s1. The minimum Gasteiger partial charge on any atom is -0.491 e. The number of aliphatic hydroxyl groups excluding tert-OH is 1. The van der Waals surface area contributed by atoms with Crippen LogP contribution >= 0.6 is 23.1 Å². The average molecular weight is 377 g/mol. The van der Waals surface area contributed by atoms with E-state index < -0.39 is 6.10 Å². The molecule has 0 aliphatic heterocycles. The number of thioether (sulfide) groups is 1. The highest BCUT2D eigenvalue weighted by Gasteiger charge is 2.10. The molecule has 0 radical (unpaired) electrons. The number of aromatic nitrogens is 2. The van der Waals surface area contributed by atoms with Crippen molar-refractivity contribution in [3.05, 3.63) is 54.0 Å². The van der Waals surface area contributed by atoms with Crippen LogP contribution in [0.4, 0.5) is 5.13 Å². The monoisotopic (exact) mass is 377 g/mol. The van der Waals surface area contributed by atoms with E-state index in [0.29, 0.717) is 12.3 Å². The first-order chi connectivity index (χ1) is 12.2. The molecule has 0 aliphatic rings. The fraction of sp³-hybridized carbons (Fsp3) is 0.294. The van der Waals surface area contributed by atoms with Gasteiger partial charge in [-0.05, 0) is 36.8 Å². The molecule has 2 aromatic heterocycles. The summed E-state index contributed by atoms with van der Waals surface area (Å²) >= 11 is 2.91. The smallest absolute Gasteiger partial charge is 0.206 e. The Labute approximate surface area is 154 Å². The second-order valence-corrected chi connectivity index (χ2v) is 7.64. The molecule has 0 amide bonds. The Morgan fingerprint density at radius 2 is 2.24 bits per heavy atom. The number of aliphatic hydroxyl groups is 1. The molecule has 0 fully saturated rings. The molecule has 0 saturated carbocycles. The summed E-state index contributed by atoms with van der Waals surface area (Å²) in [5.41, 5.74) is 1.13. The molecule has 1 atom stereocenters. The summed E-state index contributed by atoms with van der Waals surface area (Å²) in [6.07, 6.45) is 1.06. The zero-order valence-corrected chi connectivity index (χ0v) is 15.3. The van der Waals surface area contributed by atoms with Crippen LogP contribution in [0.1, 0.15) is 11.3 Å². The third-order valence-electron chi connectivity index (χ3n) is 3.23. The highest BCUT2D eigenvalue weighted by Crippen LogP contribution is 2.26. The predicted molar refractivity (Wildman–Crippen MR) is 99.3 cm³/mol. The minimum absolute atomic E-state index is 0.249. The van der Waals surface area contributed by atoms with Gasteiger partial charge in [0.1, 0.15) is 18.1 Å². The maximum Gasteiger partial charge on any atom is 0.206 e. The number of benzene rings is 1. The summed E-state index contributed by atoms with van der Waals surface area (Å²) in [7, 11) is 0. The van der Waals surface area contributed by atoms with Gasteiger partial charge in [0.25, 0.3) is 0 Å². The topological polar surface area (TPSA) is 80.4 Å². The van der Waals surface area contributed by atoms with E-state index in [9.17, 15) is 5.11 Å². The highest BCUT2D eigenvalue weighted by atomic mass is 32.2. The molecule has 25 heavy (non-hydrogen) atoms. The van der Waals surface area contributed by atoms with Crippen LogP contribution in [0.25, 0.3) is 0 Å². The number of nitrogens with one attached hydrogen (secondary N) is 1. The van der Waals surface area contributed by atoms with Gasteiger partial charge in [0, 0.05) is 5.75 Å². The van der Waals surface area contributed by atoms with Crippen LogP contribution in [-0.4, -0.2) is 33.8 Å². The summed E-state index contributed by atoms with van der Waals surface area (Å²) in [4.78, 5) is 0. The quantitative estimate of drug-likeness (QED) is 0.552. The molecule has 0 aliphatic carbocycles. The van der Waals surface area contributed by atoms with E-state index in [-0.39, 0.29) is 6.61 Å². The van der Waals surface area contributed by atoms with E-state index in [4.69, 9.17) is 9.15 Å². The summed E-state index contributed by atoms with van der Waals surface area (Å²) < 4.78 is 11.7. The first kappa shape index (κ1) is 17.8. The second kappa shape index (κ2) is 8.89. The van der Waals surface area contributed by atoms with Crippen molar-refractivity contribution in [2.75, 3.05) is 17.7 Å². The van der Waals surface area contributed by atoms with E-state index in [2.05, 4.69) is 15.5 Å². The van der Waals surface area contributed by atoms with Gasteiger partial charge in [-0.15, -0.1) is 10.2 Å². The van der Waals surface area contributed by atoms with Gasteiger partial charge in [0.15, 0.2) is 4.34 Å². The molecule has 132 valence electrons. The second-order valence-electron chi connectivity index (χ2n) is 5.40. The molecule has 0 unspecified atom stereocenters. The maximum atomic E-state index is 10.1. The first-order valence-electron chi connectivity index (χ1n) is 7.79. The molecule has 0 bridgehead atoms. The van der Waals surface area contributed by atoms with Crippen LogP contribution in [0.2, 0.25) is 0 Å². The highest BCUT2D eigenvalue weighted by molar-refractivity contribution is 8.01. The Bertz CT molecular complexity index is 777. The Morgan fingerprint density at radius 1 is 1.32 bits per heavy atom. The lowest BCUT2D eigenvalue weighted by Gasteiger charge is -2.11. The molecule has 8 heteroatoms. The fourth-order valence-corrected chi connectivity index (χ4v) is 3.71. The van der Waals surface area contributed by atoms with Gasteiger partial charge in [-0.2, -0.15) is 0 Å². The number of ether oxygens (including phenoxy) is 1. The number of rotatable bonds is 9. The Hall–Kier alpha value is -2.03. The number of hydrogen-bond acceptors (Lipinski definition) is 8. The molecule has 0 spiro atoms. The van der Waals surface area contributed by atoms with Crippen molar-refractivity contribution < 1.29 is 14.3 Å². The SMILES string of the molecule is Cc1cccc(OC[C@@H](O)CSc2nnc(NCc3ccco3)s2)c1. The summed E-state index contributed by atoms with van der Waals surface area (Å²) in [6, 6.07) is 11.5. The molecule has 2 N–H and O–H groups in total. The van der Waals surface area contributed by atoms with Crippen molar-refractivity contribution in [1.82, 2.24) is 10.2 Å². The molecular formula is C17H19N3O3S2. The maximum absolute atomic E-state index is 10.1. The Morgan fingerprint density at radius 3 is 3.04 bits per heavy atom. The van der Waals surface area contributed by atoms with Crippen molar-refractivity contribution in [2.45, 2.75) is 23.9 Å². The van der Waals surface area contributed by atoms with Crippen LogP contribution in [0.5, 0.6) is 5.75 Å². The number of furan rings is 1. The van der Waals surface area contributed by atoms with Crippen molar-refractivity contribution >= 4 is 28.2 Å².